The van der Waals surface area contributed by atoms with Crippen molar-refractivity contribution in [2.75, 3.05) is 20.8 Å². The molecule has 0 aromatic heterocycles. The number of methoxy groups -OCH3 is 2. The summed E-state index contributed by atoms with van der Waals surface area (Å²) in [6, 6.07) is 3.80. The van der Waals surface area contributed by atoms with Gasteiger partial charge in [0.1, 0.15) is 0 Å². The number of phenolic OH excluding ortho intramolecular Hbond substituents is 1. The van der Waals surface area contributed by atoms with E-state index in [1.807, 2.05) is 0 Å². The third kappa shape index (κ3) is 3.33. The molecule has 1 aliphatic rings. The van der Waals surface area contributed by atoms with E-state index < -0.39 is 0 Å². The minimum atomic E-state index is 0.00341. The van der Waals surface area contributed by atoms with Crippen LogP contribution in [0.4, 0.5) is 0 Å². The van der Waals surface area contributed by atoms with Crippen molar-refractivity contribution < 1.29 is 19.4 Å². The second kappa shape index (κ2) is 6.47. The first-order chi connectivity index (χ1) is 9.63. The van der Waals surface area contributed by atoms with Gasteiger partial charge in [0.15, 0.2) is 11.5 Å². The molecule has 3 N–H and O–H groups in total. The minimum Gasteiger partial charge on any atom is -0.502 e. The van der Waals surface area contributed by atoms with Gasteiger partial charge in [-0.2, -0.15) is 0 Å². The third-order valence-electron chi connectivity index (χ3n) is 3.40. The Labute approximate surface area is 118 Å². The molecule has 20 heavy (non-hydrogen) atoms. The van der Waals surface area contributed by atoms with Crippen LogP contribution in [0.2, 0.25) is 0 Å². The van der Waals surface area contributed by atoms with E-state index >= 15 is 0 Å². The molecule has 6 heteroatoms. The van der Waals surface area contributed by atoms with E-state index in [2.05, 4.69) is 10.6 Å². The monoisotopic (exact) mass is 280 g/mol. The molecule has 1 heterocycles. The van der Waals surface area contributed by atoms with Crippen LogP contribution in [0.5, 0.6) is 17.2 Å². The zero-order chi connectivity index (χ0) is 14.5. The van der Waals surface area contributed by atoms with Crippen LogP contribution in [0.1, 0.15) is 18.4 Å². The van der Waals surface area contributed by atoms with Crippen molar-refractivity contribution >= 4 is 5.91 Å². The van der Waals surface area contributed by atoms with Crippen LogP contribution in [0.15, 0.2) is 12.1 Å². The number of carbonyl (C=O) groups is 1. The van der Waals surface area contributed by atoms with E-state index in [4.69, 9.17) is 9.47 Å². The predicted octanol–water partition coefficient (Wildman–Crippen LogP) is 0.778. The summed E-state index contributed by atoms with van der Waals surface area (Å²) in [5, 5.41) is 16.0. The van der Waals surface area contributed by atoms with Crippen LogP contribution in [0, 0.1) is 0 Å². The van der Waals surface area contributed by atoms with Gasteiger partial charge in [0.05, 0.1) is 14.2 Å². The maximum Gasteiger partial charge on any atom is 0.220 e. The number of amides is 1. The molecule has 1 fully saturated rings. The molecule has 0 bridgehead atoms. The fraction of sp³-hybridized carbons (Fsp3) is 0.500. The number of ether oxygens (including phenoxy) is 2. The van der Waals surface area contributed by atoms with E-state index in [-0.39, 0.29) is 17.7 Å². The molecule has 110 valence electrons. The summed E-state index contributed by atoms with van der Waals surface area (Å²) in [6.45, 7) is 1.26. The Balaban J connectivity index is 2.00. The van der Waals surface area contributed by atoms with Crippen molar-refractivity contribution in [3.8, 4) is 17.2 Å². The molecule has 1 atom stereocenters. The molecule has 1 aromatic carbocycles. The highest BCUT2D eigenvalue weighted by Crippen LogP contribution is 2.37. The number of benzene rings is 1. The molecule has 0 saturated carbocycles. The Morgan fingerprint density at radius 2 is 2.00 bits per heavy atom. The van der Waals surface area contributed by atoms with Crippen LogP contribution >= 0.6 is 0 Å². The van der Waals surface area contributed by atoms with Crippen LogP contribution in [0.25, 0.3) is 0 Å². The Bertz CT molecular complexity index is 455. The molecule has 1 amide bonds. The first-order valence-electron chi connectivity index (χ1n) is 6.58. The zero-order valence-electron chi connectivity index (χ0n) is 11.7. The smallest absolute Gasteiger partial charge is 0.220 e. The van der Waals surface area contributed by atoms with Gasteiger partial charge in [0.2, 0.25) is 11.7 Å². The van der Waals surface area contributed by atoms with Gasteiger partial charge in [0.25, 0.3) is 0 Å². The van der Waals surface area contributed by atoms with Gasteiger partial charge < -0.3 is 25.2 Å². The normalized spacial score (nSPS) is 18.5. The van der Waals surface area contributed by atoms with Gasteiger partial charge in [-0.3, -0.25) is 4.79 Å². The maximum absolute atomic E-state index is 11.1. The Morgan fingerprint density at radius 3 is 2.50 bits per heavy atom. The average molecular weight is 280 g/mol. The van der Waals surface area contributed by atoms with Crippen molar-refractivity contribution in [2.24, 2.45) is 0 Å². The van der Waals surface area contributed by atoms with E-state index in [0.717, 1.165) is 12.0 Å². The fourth-order valence-electron chi connectivity index (χ4n) is 2.22. The maximum atomic E-state index is 11.1. The summed E-state index contributed by atoms with van der Waals surface area (Å²) >= 11 is 0. The van der Waals surface area contributed by atoms with Crippen molar-refractivity contribution in [3.63, 3.8) is 0 Å². The SMILES string of the molecule is COc1cc(CNC2CCC(=O)NC2)cc(OC)c1O. The van der Waals surface area contributed by atoms with E-state index in [1.54, 1.807) is 12.1 Å². The summed E-state index contributed by atoms with van der Waals surface area (Å²) < 4.78 is 10.2. The van der Waals surface area contributed by atoms with Gasteiger partial charge >= 0.3 is 0 Å². The fourth-order valence-corrected chi connectivity index (χ4v) is 2.22. The van der Waals surface area contributed by atoms with Crippen molar-refractivity contribution in [2.45, 2.75) is 25.4 Å². The number of hydrogen-bond donors (Lipinski definition) is 3. The van der Waals surface area contributed by atoms with Crippen LogP contribution in [-0.2, 0) is 11.3 Å². The van der Waals surface area contributed by atoms with E-state index in [9.17, 15) is 9.90 Å². The number of hydrogen-bond acceptors (Lipinski definition) is 5. The van der Waals surface area contributed by atoms with Crippen molar-refractivity contribution in [1.82, 2.24) is 10.6 Å². The summed E-state index contributed by atoms with van der Waals surface area (Å²) in [6.07, 6.45) is 1.39. The molecule has 1 aromatic rings. The lowest BCUT2D eigenvalue weighted by Gasteiger charge is -2.23. The molecule has 0 radical (unpaired) electrons. The number of nitrogens with one attached hydrogen (secondary N) is 2. The lowest BCUT2D eigenvalue weighted by molar-refractivity contribution is -0.122. The van der Waals surface area contributed by atoms with Gasteiger partial charge in [0, 0.05) is 25.6 Å². The number of aromatic hydroxyl groups is 1. The standard InChI is InChI=1S/C14H20N2O4/c1-19-11-5-9(6-12(20-2)14(11)18)7-15-10-3-4-13(17)16-8-10/h5-6,10,15,18H,3-4,7-8H2,1-2H3,(H,16,17). The Hall–Kier alpha value is -1.95. The summed E-state index contributed by atoms with van der Waals surface area (Å²) in [5.41, 5.74) is 0.952. The Morgan fingerprint density at radius 1 is 1.35 bits per heavy atom. The van der Waals surface area contributed by atoms with E-state index in [1.165, 1.54) is 14.2 Å². The third-order valence-corrected chi connectivity index (χ3v) is 3.40. The van der Waals surface area contributed by atoms with Gasteiger partial charge in [-0.15, -0.1) is 0 Å². The quantitative estimate of drug-likeness (QED) is 0.742. The molecule has 1 saturated heterocycles. The second-order valence-corrected chi connectivity index (χ2v) is 4.77. The molecule has 0 spiro atoms. The highest BCUT2D eigenvalue weighted by Gasteiger charge is 2.18. The molecule has 1 aliphatic heterocycles. The van der Waals surface area contributed by atoms with Gasteiger partial charge in [-0.25, -0.2) is 0 Å². The zero-order valence-corrected chi connectivity index (χ0v) is 11.7. The molecule has 1 unspecified atom stereocenters. The highest BCUT2D eigenvalue weighted by molar-refractivity contribution is 5.76. The number of phenols is 1. The molecular weight excluding hydrogens is 260 g/mol. The summed E-state index contributed by atoms with van der Waals surface area (Å²) in [4.78, 5) is 11.1. The van der Waals surface area contributed by atoms with E-state index in [0.29, 0.717) is 31.0 Å². The first kappa shape index (κ1) is 14.5. The number of carbonyl (C=O) groups excluding carboxylic acids is 1. The molecule has 2 rings (SSSR count). The molecule has 6 nitrogen and oxygen atoms in total. The number of piperidine rings is 1. The average Bonchev–Trinajstić information content (AvgIpc) is 2.47. The lowest BCUT2D eigenvalue weighted by Crippen LogP contribution is -2.45. The molecule has 0 aliphatic carbocycles. The van der Waals surface area contributed by atoms with Crippen LogP contribution in [-0.4, -0.2) is 37.8 Å². The van der Waals surface area contributed by atoms with Crippen LogP contribution in [0.3, 0.4) is 0 Å². The summed E-state index contributed by atoms with van der Waals surface area (Å²) in [5.74, 6) is 0.885. The second-order valence-electron chi connectivity index (χ2n) is 4.77. The Kier molecular flexibility index (Phi) is 4.68. The summed E-state index contributed by atoms with van der Waals surface area (Å²) in [7, 11) is 3.00. The lowest BCUT2D eigenvalue weighted by atomic mass is 10.1. The van der Waals surface area contributed by atoms with Crippen molar-refractivity contribution in [3.05, 3.63) is 17.7 Å². The molecular formula is C14H20N2O4. The minimum absolute atomic E-state index is 0.00341. The first-order valence-corrected chi connectivity index (χ1v) is 6.58. The van der Waals surface area contributed by atoms with Crippen LogP contribution < -0.4 is 20.1 Å². The van der Waals surface area contributed by atoms with Crippen molar-refractivity contribution in [1.29, 1.82) is 0 Å². The largest absolute Gasteiger partial charge is 0.502 e. The number of rotatable bonds is 5. The van der Waals surface area contributed by atoms with Gasteiger partial charge in [-0.05, 0) is 24.1 Å². The highest BCUT2D eigenvalue weighted by atomic mass is 16.5. The topological polar surface area (TPSA) is 79.8 Å². The predicted molar refractivity (Wildman–Crippen MR) is 74.1 cm³/mol. The van der Waals surface area contributed by atoms with Gasteiger partial charge in [-0.1, -0.05) is 0 Å².